The van der Waals surface area contributed by atoms with E-state index >= 15 is 0 Å². The summed E-state index contributed by atoms with van der Waals surface area (Å²) in [6.45, 7) is 1.63. The number of carbonyl (C=O) groups excluding carboxylic acids is 1. The number of methoxy groups -OCH3 is 1. The van der Waals surface area contributed by atoms with Crippen molar-refractivity contribution in [1.29, 1.82) is 0 Å². The van der Waals surface area contributed by atoms with E-state index in [0.29, 0.717) is 36.7 Å². The number of benzene rings is 2. The van der Waals surface area contributed by atoms with Gasteiger partial charge < -0.3 is 9.64 Å². The highest BCUT2D eigenvalue weighted by Gasteiger charge is 2.24. The molecule has 0 bridgehead atoms. The molecule has 0 saturated carbocycles. The molecule has 6 nitrogen and oxygen atoms in total. The zero-order valence-corrected chi connectivity index (χ0v) is 18.6. The Morgan fingerprint density at radius 2 is 1.87 bits per heavy atom. The van der Waals surface area contributed by atoms with Crippen LogP contribution in [0.3, 0.4) is 0 Å². The van der Waals surface area contributed by atoms with E-state index in [0.717, 1.165) is 24.8 Å². The van der Waals surface area contributed by atoms with Gasteiger partial charge in [0, 0.05) is 24.7 Å². The van der Waals surface area contributed by atoms with Crippen molar-refractivity contribution in [1.82, 2.24) is 9.62 Å². The molecular weight excluding hydrogens is 424 g/mol. The third kappa shape index (κ3) is 5.53. The predicted molar refractivity (Wildman–Crippen MR) is 118 cm³/mol. The highest BCUT2D eigenvalue weighted by Crippen LogP contribution is 2.25. The van der Waals surface area contributed by atoms with E-state index in [1.807, 2.05) is 24.3 Å². The van der Waals surface area contributed by atoms with Gasteiger partial charge in [-0.2, -0.15) is 0 Å². The van der Waals surface area contributed by atoms with Gasteiger partial charge >= 0.3 is 0 Å². The van der Waals surface area contributed by atoms with Gasteiger partial charge in [0.15, 0.2) is 0 Å². The second-order valence-corrected chi connectivity index (χ2v) is 9.48. The van der Waals surface area contributed by atoms with Crippen LogP contribution in [0, 0.1) is 0 Å². The topological polar surface area (TPSA) is 75.7 Å². The standard InChI is InChI=1S/C22H27ClN2O4S/c1-29-21-12-11-18(16-19(21)22(26)25-14-5-2-6-15-25)30(27,28)24-13-7-9-17-8-3-4-10-20(17)23/h3-4,8,10-12,16,24H,2,5-7,9,13-15H2,1H3. The molecule has 1 saturated heterocycles. The van der Waals surface area contributed by atoms with Crippen molar-refractivity contribution in [3.8, 4) is 5.75 Å². The predicted octanol–water partition coefficient (Wildman–Crippen LogP) is 3.89. The summed E-state index contributed by atoms with van der Waals surface area (Å²) in [7, 11) is -2.27. The largest absolute Gasteiger partial charge is 0.496 e. The van der Waals surface area contributed by atoms with Crippen LogP contribution < -0.4 is 9.46 Å². The molecule has 0 unspecified atom stereocenters. The molecule has 3 rings (SSSR count). The van der Waals surface area contributed by atoms with Gasteiger partial charge in [-0.15, -0.1) is 0 Å². The molecule has 1 aliphatic rings. The van der Waals surface area contributed by atoms with Crippen LogP contribution in [-0.2, 0) is 16.4 Å². The van der Waals surface area contributed by atoms with Gasteiger partial charge in [0.05, 0.1) is 17.6 Å². The number of hydrogen-bond acceptors (Lipinski definition) is 4. The number of nitrogens with one attached hydrogen (secondary N) is 1. The van der Waals surface area contributed by atoms with Crippen LogP contribution in [0.2, 0.25) is 5.02 Å². The quantitative estimate of drug-likeness (QED) is 0.619. The number of piperidine rings is 1. The lowest BCUT2D eigenvalue weighted by Crippen LogP contribution is -2.36. The molecule has 1 amide bonds. The highest BCUT2D eigenvalue weighted by atomic mass is 35.5. The van der Waals surface area contributed by atoms with Crippen LogP contribution in [-0.4, -0.2) is 46.0 Å². The molecule has 1 aliphatic heterocycles. The Labute approximate surface area is 183 Å². The second kappa shape index (κ2) is 10.3. The lowest BCUT2D eigenvalue weighted by molar-refractivity contribution is 0.0720. The van der Waals surface area contributed by atoms with Crippen molar-refractivity contribution < 1.29 is 17.9 Å². The lowest BCUT2D eigenvalue weighted by atomic mass is 10.1. The first kappa shape index (κ1) is 22.6. The van der Waals surface area contributed by atoms with Crippen LogP contribution in [0.15, 0.2) is 47.4 Å². The Bertz CT molecular complexity index is 988. The number of amides is 1. The fourth-order valence-electron chi connectivity index (χ4n) is 3.56. The van der Waals surface area contributed by atoms with Crippen LogP contribution in [0.4, 0.5) is 0 Å². The molecule has 0 radical (unpaired) electrons. The Morgan fingerprint density at radius 3 is 2.57 bits per heavy atom. The number of ether oxygens (including phenoxy) is 1. The van der Waals surface area contributed by atoms with E-state index in [-0.39, 0.29) is 22.9 Å². The first-order valence-electron chi connectivity index (χ1n) is 10.1. The van der Waals surface area contributed by atoms with E-state index in [1.165, 1.54) is 25.3 Å². The second-order valence-electron chi connectivity index (χ2n) is 7.31. The Kier molecular flexibility index (Phi) is 7.75. The summed E-state index contributed by atoms with van der Waals surface area (Å²) >= 11 is 6.14. The van der Waals surface area contributed by atoms with Gasteiger partial charge in [0.2, 0.25) is 10.0 Å². The molecular formula is C22H27ClN2O4S. The van der Waals surface area contributed by atoms with Gasteiger partial charge in [-0.05, 0) is 61.9 Å². The SMILES string of the molecule is COc1ccc(S(=O)(=O)NCCCc2ccccc2Cl)cc1C(=O)N1CCCCC1. The number of likely N-dealkylation sites (tertiary alicyclic amines) is 1. The third-order valence-corrected chi connectivity index (χ3v) is 7.06. The first-order valence-corrected chi connectivity index (χ1v) is 12.0. The van der Waals surface area contributed by atoms with Crippen molar-refractivity contribution >= 4 is 27.5 Å². The number of nitrogens with zero attached hydrogens (tertiary/aromatic N) is 1. The minimum absolute atomic E-state index is 0.0569. The van der Waals surface area contributed by atoms with Gasteiger partial charge in [-0.3, -0.25) is 4.79 Å². The van der Waals surface area contributed by atoms with Crippen molar-refractivity contribution in [2.24, 2.45) is 0 Å². The average Bonchev–Trinajstić information content (AvgIpc) is 2.77. The van der Waals surface area contributed by atoms with Gasteiger partial charge in [0.1, 0.15) is 5.75 Å². The van der Waals surface area contributed by atoms with E-state index < -0.39 is 10.0 Å². The van der Waals surface area contributed by atoms with Crippen molar-refractivity contribution in [2.45, 2.75) is 37.0 Å². The molecule has 0 aromatic heterocycles. The summed E-state index contributed by atoms with van der Waals surface area (Å²) < 4.78 is 33.4. The van der Waals surface area contributed by atoms with Gasteiger partial charge in [0.25, 0.3) is 5.91 Å². The number of carbonyl (C=O) groups is 1. The lowest BCUT2D eigenvalue weighted by Gasteiger charge is -2.27. The maximum Gasteiger partial charge on any atom is 0.257 e. The monoisotopic (exact) mass is 450 g/mol. The van der Waals surface area contributed by atoms with Crippen LogP contribution in [0.1, 0.15) is 41.6 Å². The molecule has 2 aromatic carbocycles. The van der Waals surface area contributed by atoms with Crippen LogP contribution in [0.5, 0.6) is 5.75 Å². The molecule has 0 spiro atoms. The molecule has 1 fully saturated rings. The normalized spacial score (nSPS) is 14.5. The van der Waals surface area contributed by atoms with Gasteiger partial charge in [-0.1, -0.05) is 29.8 Å². The fraction of sp³-hybridized carbons (Fsp3) is 0.409. The molecule has 1 heterocycles. The maximum atomic E-state index is 12.9. The maximum absolute atomic E-state index is 12.9. The molecule has 1 N–H and O–H groups in total. The van der Waals surface area contributed by atoms with Gasteiger partial charge in [-0.25, -0.2) is 13.1 Å². The highest BCUT2D eigenvalue weighted by molar-refractivity contribution is 7.89. The minimum atomic E-state index is -3.75. The number of aryl methyl sites for hydroxylation is 1. The number of sulfonamides is 1. The summed E-state index contributed by atoms with van der Waals surface area (Å²) in [5.41, 5.74) is 1.26. The summed E-state index contributed by atoms with van der Waals surface area (Å²) in [5, 5.41) is 0.677. The van der Waals surface area contributed by atoms with Crippen molar-refractivity contribution in [3.63, 3.8) is 0 Å². The van der Waals surface area contributed by atoms with E-state index in [1.54, 1.807) is 4.90 Å². The van der Waals surface area contributed by atoms with Crippen LogP contribution in [0.25, 0.3) is 0 Å². The van der Waals surface area contributed by atoms with E-state index in [4.69, 9.17) is 16.3 Å². The smallest absolute Gasteiger partial charge is 0.257 e. The minimum Gasteiger partial charge on any atom is -0.496 e. The summed E-state index contributed by atoms with van der Waals surface area (Å²) in [5.74, 6) is 0.186. The first-order chi connectivity index (χ1) is 14.4. The third-order valence-electron chi connectivity index (χ3n) is 5.23. The molecule has 2 aromatic rings. The van der Waals surface area contributed by atoms with Crippen molar-refractivity contribution in [2.75, 3.05) is 26.7 Å². The summed E-state index contributed by atoms with van der Waals surface area (Å²) in [4.78, 5) is 14.7. The number of halogens is 1. The summed E-state index contributed by atoms with van der Waals surface area (Å²) in [6, 6.07) is 11.9. The summed E-state index contributed by atoms with van der Waals surface area (Å²) in [6.07, 6.45) is 4.30. The fourth-order valence-corrected chi connectivity index (χ4v) is 4.89. The zero-order valence-electron chi connectivity index (χ0n) is 17.1. The molecule has 162 valence electrons. The Hall–Kier alpha value is -2.09. The Morgan fingerprint density at radius 1 is 1.13 bits per heavy atom. The number of hydrogen-bond donors (Lipinski definition) is 1. The Balaban J connectivity index is 1.69. The molecule has 0 atom stereocenters. The molecule has 30 heavy (non-hydrogen) atoms. The number of rotatable bonds is 8. The average molecular weight is 451 g/mol. The molecule has 0 aliphatic carbocycles. The molecule has 8 heteroatoms. The van der Waals surface area contributed by atoms with E-state index in [2.05, 4.69) is 4.72 Å². The van der Waals surface area contributed by atoms with Crippen molar-refractivity contribution in [3.05, 3.63) is 58.6 Å². The van der Waals surface area contributed by atoms with E-state index in [9.17, 15) is 13.2 Å². The zero-order chi connectivity index (χ0) is 21.6. The van der Waals surface area contributed by atoms with Crippen LogP contribution >= 0.6 is 11.6 Å².